The molecule has 0 fully saturated rings. The van der Waals surface area contributed by atoms with Crippen LogP contribution in [0.5, 0.6) is 0 Å². The lowest BCUT2D eigenvalue weighted by Gasteiger charge is -2.14. The summed E-state index contributed by atoms with van der Waals surface area (Å²) < 4.78 is 2.01. The summed E-state index contributed by atoms with van der Waals surface area (Å²) in [6.07, 6.45) is 6.43. The summed E-state index contributed by atoms with van der Waals surface area (Å²) >= 11 is 7.39. The van der Waals surface area contributed by atoms with Crippen LogP contribution in [0.15, 0.2) is 36.1 Å². The van der Waals surface area contributed by atoms with Crippen LogP contribution in [0.1, 0.15) is 17.3 Å². The number of nitrogens with one attached hydrogen (secondary N) is 1. The lowest BCUT2D eigenvalue weighted by atomic mass is 10.1. The molecule has 98 valence electrons. The number of rotatable bonds is 4. The fourth-order valence-electron chi connectivity index (χ4n) is 1.95. The van der Waals surface area contributed by atoms with Gasteiger partial charge in [-0.15, -0.1) is 11.3 Å². The van der Waals surface area contributed by atoms with Crippen molar-refractivity contribution in [2.24, 2.45) is 5.84 Å². The minimum atomic E-state index is -0.0330. The third kappa shape index (κ3) is 2.62. The van der Waals surface area contributed by atoms with E-state index < -0.39 is 0 Å². The van der Waals surface area contributed by atoms with Crippen LogP contribution in [0.25, 0.3) is 4.96 Å². The fraction of sp³-hybridized carbons (Fsp3) is 0.167. The van der Waals surface area contributed by atoms with Gasteiger partial charge in [0.2, 0.25) is 0 Å². The second kappa shape index (κ2) is 5.26. The van der Waals surface area contributed by atoms with Crippen LogP contribution >= 0.6 is 22.9 Å². The van der Waals surface area contributed by atoms with Crippen LogP contribution in [0.4, 0.5) is 0 Å². The highest BCUT2D eigenvalue weighted by molar-refractivity contribution is 7.15. The molecule has 1 atom stereocenters. The van der Waals surface area contributed by atoms with Crippen molar-refractivity contribution in [1.29, 1.82) is 0 Å². The van der Waals surface area contributed by atoms with E-state index in [0.717, 1.165) is 16.2 Å². The molecule has 0 aromatic carbocycles. The highest BCUT2D eigenvalue weighted by Gasteiger charge is 2.13. The number of thiazole rings is 1. The molecule has 7 heteroatoms. The Morgan fingerprint density at radius 3 is 3.05 bits per heavy atom. The Hall–Kier alpha value is -1.47. The third-order valence-electron chi connectivity index (χ3n) is 2.91. The Morgan fingerprint density at radius 1 is 1.47 bits per heavy atom. The predicted molar refractivity (Wildman–Crippen MR) is 76.1 cm³/mol. The number of pyridine rings is 1. The number of aromatic nitrogens is 3. The number of fused-ring (bicyclic) bond motifs is 1. The van der Waals surface area contributed by atoms with Crippen molar-refractivity contribution < 1.29 is 0 Å². The van der Waals surface area contributed by atoms with Crippen molar-refractivity contribution in [3.05, 3.63) is 52.5 Å². The van der Waals surface area contributed by atoms with Gasteiger partial charge in [0.25, 0.3) is 0 Å². The van der Waals surface area contributed by atoms with Gasteiger partial charge in [-0.25, -0.2) is 9.97 Å². The molecule has 3 N–H and O–H groups in total. The summed E-state index contributed by atoms with van der Waals surface area (Å²) in [5.41, 5.74) is 4.77. The molecule has 0 saturated heterocycles. The summed E-state index contributed by atoms with van der Waals surface area (Å²) in [5, 5.41) is 2.48. The molecule has 0 amide bonds. The first-order valence-corrected chi connectivity index (χ1v) is 7.00. The smallest absolute Gasteiger partial charge is 0.193 e. The molecule has 3 rings (SSSR count). The highest BCUT2D eigenvalue weighted by atomic mass is 35.5. The number of halogens is 1. The average Bonchev–Trinajstić information content (AvgIpc) is 2.98. The van der Waals surface area contributed by atoms with Crippen molar-refractivity contribution >= 4 is 27.9 Å². The topological polar surface area (TPSA) is 68.2 Å². The van der Waals surface area contributed by atoms with Gasteiger partial charge in [0.1, 0.15) is 5.15 Å². The molecular weight excluding hydrogens is 282 g/mol. The van der Waals surface area contributed by atoms with Crippen LogP contribution in [0.3, 0.4) is 0 Å². The summed E-state index contributed by atoms with van der Waals surface area (Å²) in [6.45, 7) is 0. The summed E-state index contributed by atoms with van der Waals surface area (Å²) in [5.74, 6) is 5.62. The molecule has 1 unspecified atom stereocenters. The predicted octanol–water partition coefficient (Wildman–Crippen LogP) is 2.19. The lowest BCUT2D eigenvalue weighted by Crippen LogP contribution is -2.29. The van der Waals surface area contributed by atoms with Crippen molar-refractivity contribution in [1.82, 2.24) is 19.8 Å². The maximum atomic E-state index is 5.78. The summed E-state index contributed by atoms with van der Waals surface area (Å²) in [6, 6.07) is 3.64. The molecular formula is C12H12ClN5S. The van der Waals surface area contributed by atoms with E-state index in [1.807, 2.05) is 28.2 Å². The van der Waals surface area contributed by atoms with E-state index in [-0.39, 0.29) is 6.04 Å². The largest absolute Gasteiger partial charge is 0.297 e. The van der Waals surface area contributed by atoms with Crippen molar-refractivity contribution in [2.75, 3.05) is 0 Å². The lowest BCUT2D eigenvalue weighted by molar-refractivity contribution is 0.545. The Labute approximate surface area is 119 Å². The zero-order valence-corrected chi connectivity index (χ0v) is 11.5. The molecule has 0 aliphatic heterocycles. The first kappa shape index (κ1) is 12.6. The number of nitrogens with two attached hydrogens (primary N) is 1. The van der Waals surface area contributed by atoms with Gasteiger partial charge in [0, 0.05) is 30.4 Å². The minimum Gasteiger partial charge on any atom is -0.297 e. The van der Waals surface area contributed by atoms with Gasteiger partial charge < -0.3 is 0 Å². The maximum absolute atomic E-state index is 5.78. The fourth-order valence-corrected chi connectivity index (χ4v) is 2.78. The standard InChI is InChI=1S/C12H12ClN5S/c13-11-2-1-8(6-15-11)10(17-14)5-9-7-18-3-4-19-12(18)16-9/h1-4,6-7,10,17H,5,14H2. The molecule has 3 aromatic rings. The maximum Gasteiger partial charge on any atom is 0.193 e. The van der Waals surface area contributed by atoms with E-state index >= 15 is 0 Å². The molecule has 0 radical (unpaired) electrons. The monoisotopic (exact) mass is 293 g/mol. The Kier molecular flexibility index (Phi) is 3.48. The molecule has 19 heavy (non-hydrogen) atoms. The second-order valence-corrected chi connectivity index (χ2v) is 5.42. The number of imidazole rings is 1. The van der Waals surface area contributed by atoms with Crippen LogP contribution in [-0.2, 0) is 6.42 Å². The SMILES string of the molecule is NNC(Cc1cn2ccsc2n1)c1ccc(Cl)nc1. The van der Waals surface area contributed by atoms with Crippen LogP contribution in [-0.4, -0.2) is 14.4 Å². The molecule has 0 bridgehead atoms. The summed E-state index contributed by atoms with van der Waals surface area (Å²) in [4.78, 5) is 9.60. The minimum absolute atomic E-state index is 0.0330. The normalized spacial score (nSPS) is 12.9. The molecule has 0 aliphatic rings. The van der Waals surface area contributed by atoms with E-state index in [0.29, 0.717) is 11.6 Å². The van der Waals surface area contributed by atoms with E-state index in [1.165, 1.54) is 0 Å². The molecule has 0 aliphatic carbocycles. The number of nitrogens with zero attached hydrogens (tertiary/aromatic N) is 3. The van der Waals surface area contributed by atoms with Gasteiger partial charge in [-0.2, -0.15) is 0 Å². The number of hydrogen-bond donors (Lipinski definition) is 2. The van der Waals surface area contributed by atoms with E-state index in [9.17, 15) is 0 Å². The van der Waals surface area contributed by atoms with Gasteiger partial charge >= 0.3 is 0 Å². The Balaban J connectivity index is 1.83. The van der Waals surface area contributed by atoms with Crippen LogP contribution in [0.2, 0.25) is 5.15 Å². The van der Waals surface area contributed by atoms with Gasteiger partial charge in [0.15, 0.2) is 4.96 Å². The van der Waals surface area contributed by atoms with Crippen LogP contribution in [0, 0.1) is 0 Å². The average molecular weight is 294 g/mol. The molecule has 3 heterocycles. The Morgan fingerprint density at radius 2 is 2.37 bits per heavy atom. The number of hydrazine groups is 1. The highest BCUT2D eigenvalue weighted by Crippen LogP contribution is 2.19. The van der Waals surface area contributed by atoms with Gasteiger partial charge in [-0.3, -0.25) is 15.7 Å². The molecule has 0 saturated carbocycles. The van der Waals surface area contributed by atoms with Crippen molar-refractivity contribution in [3.63, 3.8) is 0 Å². The van der Waals surface area contributed by atoms with Gasteiger partial charge in [-0.1, -0.05) is 17.7 Å². The van der Waals surface area contributed by atoms with Crippen molar-refractivity contribution in [2.45, 2.75) is 12.5 Å². The first-order valence-electron chi connectivity index (χ1n) is 5.75. The second-order valence-electron chi connectivity index (χ2n) is 4.16. The molecule has 3 aromatic heterocycles. The zero-order valence-electron chi connectivity index (χ0n) is 9.95. The molecule has 5 nitrogen and oxygen atoms in total. The van der Waals surface area contributed by atoms with Gasteiger partial charge in [-0.05, 0) is 11.6 Å². The molecule has 0 spiro atoms. The quantitative estimate of drug-likeness (QED) is 0.439. The van der Waals surface area contributed by atoms with E-state index in [1.54, 1.807) is 23.6 Å². The first-order chi connectivity index (χ1) is 9.26. The third-order valence-corrected chi connectivity index (χ3v) is 3.90. The van der Waals surface area contributed by atoms with Crippen molar-refractivity contribution in [3.8, 4) is 0 Å². The Bertz CT molecular complexity index is 646. The zero-order chi connectivity index (χ0) is 13.2. The number of hydrogen-bond acceptors (Lipinski definition) is 5. The van der Waals surface area contributed by atoms with E-state index in [4.69, 9.17) is 17.4 Å². The van der Waals surface area contributed by atoms with Gasteiger partial charge in [0.05, 0.1) is 11.7 Å². The van der Waals surface area contributed by atoms with E-state index in [2.05, 4.69) is 15.4 Å². The summed E-state index contributed by atoms with van der Waals surface area (Å²) in [7, 11) is 0. The van der Waals surface area contributed by atoms with Crippen LogP contribution < -0.4 is 11.3 Å².